The van der Waals surface area contributed by atoms with E-state index in [0.717, 1.165) is 11.5 Å². The van der Waals surface area contributed by atoms with Gasteiger partial charge in [-0.25, -0.2) is 4.79 Å². The summed E-state index contributed by atoms with van der Waals surface area (Å²) in [6.07, 6.45) is 1.26. The van der Waals surface area contributed by atoms with E-state index in [2.05, 4.69) is 14.9 Å². The van der Waals surface area contributed by atoms with Gasteiger partial charge in [0.1, 0.15) is 10.4 Å². The highest BCUT2D eigenvalue weighted by molar-refractivity contribution is 7.08. The van der Waals surface area contributed by atoms with Gasteiger partial charge in [0.15, 0.2) is 0 Å². The van der Waals surface area contributed by atoms with Crippen LogP contribution in [-0.2, 0) is 11.2 Å². The van der Waals surface area contributed by atoms with Crippen molar-refractivity contribution in [3.63, 3.8) is 0 Å². The number of amides is 1. The monoisotopic (exact) mass is 271 g/mol. The molecule has 1 rings (SSSR count). The third-order valence-electron chi connectivity index (χ3n) is 3.07. The molecule has 0 aliphatic heterocycles. The number of aliphatic carboxylic acids is 1. The number of carboxylic acid groups (broad SMARTS) is 1. The minimum absolute atomic E-state index is 0.332. The normalized spacial score (nSPS) is 11.3. The van der Waals surface area contributed by atoms with Crippen LogP contribution in [0.1, 0.15) is 49.0 Å². The molecule has 0 saturated carbocycles. The SMILES string of the molecule is CCc1nnsc1C(=O)NC(CC)(CC)C(=O)O. The summed E-state index contributed by atoms with van der Waals surface area (Å²) < 4.78 is 3.72. The van der Waals surface area contributed by atoms with Gasteiger partial charge in [0, 0.05) is 0 Å². The number of carboxylic acids is 1. The summed E-state index contributed by atoms with van der Waals surface area (Å²) in [6.45, 7) is 5.35. The molecule has 0 saturated heterocycles. The molecule has 6 nitrogen and oxygen atoms in total. The molecule has 0 spiro atoms. The quantitative estimate of drug-likeness (QED) is 0.817. The summed E-state index contributed by atoms with van der Waals surface area (Å²) >= 11 is 0.990. The molecule has 0 fully saturated rings. The molecule has 100 valence electrons. The molecule has 0 unspecified atom stereocenters. The van der Waals surface area contributed by atoms with Crippen molar-refractivity contribution in [3.8, 4) is 0 Å². The van der Waals surface area contributed by atoms with E-state index in [1.165, 1.54) is 0 Å². The lowest BCUT2D eigenvalue weighted by atomic mass is 9.93. The largest absolute Gasteiger partial charge is 0.480 e. The van der Waals surface area contributed by atoms with Gasteiger partial charge in [-0.15, -0.1) is 5.10 Å². The maximum atomic E-state index is 12.1. The van der Waals surface area contributed by atoms with Crippen molar-refractivity contribution in [3.05, 3.63) is 10.6 Å². The Morgan fingerprint density at radius 3 is 2.39 bits per heavy atom. The maximum absolute atomic E-state index is 12.1. The highest BCUT2D eigenvalue weighted by atomic mass is 32.1. The number of hydrogen-bond donors (Lipinski definition) is 2. The number of carbonyl (C=O) groups excluding carboxylic acids is 1. The molecule has 0 aliphatic rings. The fourth-order valence-electron chi connectivity index (χ4n) is 1.67. The summed E-state index contributed by atoms with van der Waals surface area (Å²) in [5, 5.41) is 15.7. The molecule has 0 radical (unpaired) electrons. The molecule has 0 atom stereocenters. The van der Waals surface area contributed by atoms with Crippen molar-refractivity contribution in [2.24, 2.45) is 0 Å². The maximum Gasteiger partial charge on any atom is 0.329 e. The molecule has 1 amide bonds. The fourth-order valence-corrected chi connectivity index (χ4v) is 2.31. The van der Waals surface area contributed by atoms with E-state index in [4.69, 9.17) is 0 Å². The van der Waals surface area contributed by atoms with Crippen LogP contribution in [0, 0.1) is 0 Å². The van der Waals surface area contributed by atoms with E-state index in [1.54, 1.807) is 13.8 Å². The van der Waals surface area contributed by atoms with Crippen molar-refractivity contribution in [1.29, 1.82) is 0 Å². The minimum atomic E-state index is -1.22. The van der Waals surface area contributed by atoms with Crippen LogP contribution in [0.25, 0.3) is 0 Å². The predicted octanol–water partition coefficient (Wildman–Crippen LogP) is 1.47. The first kappa shape index (κ1) is 14.6. The molecule has 1 aromatic rings. The number of rotatable bonds is 6. The zero-order valence-electron chi connectivity index (χ0n) is 10.7. The summed E-state index contributed by atoms with van der Waals surface area (Å²) in [6, 6.07) is 0. The molecule has 2 N–H and O–H groups in total. The second-order valence-electron chi connectivity index (χ2n) is 3.95. The molecule has 1 heterocycles. The first-order chi connectivity index (χ1) is 8.50. The van der Waals surface area contributed by atoms with Gasteiger partial charge in [0.05, 0.1) is 5.69 Å². The minimum Gasteiger partial charge on any atom is -0.480 e. The van der Waals surface area contributed by atoms with Gasteiger partial charge >= 0.3 is 5.97 Å². The van der Waals surface area contributed by atoms with Crippen molar-refractivity contribution >= 4 is 23.4 Å². The summed E-state index contributed by atoms with van der Waals surface area (Å²) in [4.78, 5) is 23.8. The topological polar surface area (TPSA) is 92.2 Å². The van der Waals surface area contributed by atoms with E-state index >= 15 is 0 Å². The molecule has 0 aromatic carbocycles. The Morgan fingerprint density at radius 2 is 1.94 bits per heavy atom. The number of nitrogens with zero attached hydrogens (tertiary/aromatic N) is 2. The number of hydrogen-bond acceptors (Lipinski definition) is 5. The van der Waals surface area contributed by atoms with E-state index in [0.29, 0.717) is 29.8 Å². The summed E-state index contributed by atoms with van der Waals surface area (Å²) in [7, 11) is 0. The van der Waals surface area contributed by atoms with Crippen LogP contribution in [-0.4, -0.2) is 32.1 Å². The zero-order valence-corrected chi connectivity index (χ0v) is 11.5. The van der Waals surface area contributed by atoms with Gasteiger partial charge in [-0.1, -0.05) is 25.3 Å². The van der Waals surface area contributed by atoms with Gasteiger partial charge in [-0.3, -0.25) is 4.79 Å². The zero-order chi connectivity index (χ0) is 13.8. The van der Waals surface area contributed by atoms with Crippen molar-refractivity contribution in [2.45, 2.75) is 45.6 Å². The molecule has 0 bridgehead atoms. The molecule has 1 aromatic heterocycles. The lowest BCUT2D eigenvalue weighted by Gasteiger charge is -2.27. The Labute approximate surface area is 110 Å². The average Bonchev–Trinajstić information content (AvgIpc) is 2.83. The second-order valence-corrected chi connectivity index (χ2v) is 4.70. The fraction of sp³-hybridized carbons (Fsp3) is 0.636. The summed E-state index contributed by atoms with van der Waals surface area (Å²) in [5.74, 6) is -1.43. The molecular formula is C11H17N3O3S. The third-order valence-corrected chi connectivity index (χ3v) is 3.83. The standard InChI is InChI=1S/C11H17N3O3S/c1-4-7-8(18-14-13-7)9(15)12-11(5-2,6-3)10(16)17/h4-6H2,1-3H3,(H,12,15)(H,16,17). The Balaban J connectivity index is 2.95. The van der Waals surface area contributed by atoms with E-state index in [1.807, 2.05) is 6.92 Å². The van der Waals surface area contributed by atoms with Crippen LogP contribution in [0.3, 0.4) is 0 Å². The van der Waals surface area contributed by atoms with E-state index in [-0.39, 0.29) is 0 Å². The van der Waals surface area contributed by atoms with Gasteiger partial charge in [-0.2, -0.15) is 0 Å². The number of aromatic nitrogens is 2. The molecular weight excluding hydrogens is 254 g/mol. The Morgan fingerprint density at radius 1 is 1.33 bits per heavy atom. The number of nitrogens with one attached hydrogen (secondary N) is 1. The molecule has 0 aliphatic carbocycles. The van der Waals surface area contributed by atoms with Crippen LogP contribution < -0.4 is 5.32 Å². The first-order valence-corrected chi connectivity index (χ1v) is 6.65. The van der Waals surface area contributed by atoms with Crippen LogP contribution in [0.4, 0.5) is 0 Å². The second kappa shape index (κ2) is 5.90. The average molecular weight is 271 g/mol. The molecule has 18 heavy (non-hydrogen) atoms. The van der Waals surface area contributed by atoms with Gasteiger partial charge in [0.25, 0.3) is 5.91 Å². The Kier molecular flexibility index (Phi) is 4.77. The summed E-state index contributed by atoms with van der Waals surface area (Å²) in [5.41, 5.74) is -0.615. The molecule has 7 heteroatoms. The van der Waals surface area contributed by atoms with Crippen molar-refractivity contribution in [2.75, 3.05) is 0 Å². The van der Waals surface area contributed by atoms with E-state index < -0.39 is 17.4 Å². The lowest BCUT2D eigenvalue weighted by Crippen LogP contribution is -2.53. The first-order valence-electron chi connectivity index (χ1n) is 5.87. The Hall–Kier alpha value is -1.50. The van der Waals surface area contributed by atoms with Crippen LogP contribution >= 0.6 is 11.5 Å². The lowest BCUT2D eigenvalue weighted by molar-refractivity contribution is -0.144. The predicted molar refractivity (Wildman–Crippen MR) is 67.7 cm³/mol. The number of aryl methyl sites for hydroxylation is 1. The smallest absolute Gasteiger partial charge is 0.329 e. The highest BCUT2D eigenvalue weighted by Crippen LogP contribution is 2.18. The van der Waals surface area contributed by atoms with Crippen molar-refractivity contribution < 1.29 is 14.7 Å². The van der Waals surface area contributed by atoms with Crippen LogP contribution in [0.5, 0.6) is 0 Å². The third kappa shape index (κ3) is 2.66. The van der Waals surface area contributed by atoms with Crippen LogP contribution in [0.15, 0.2) is 0 Å². The van der Waals surface area contributed by atoms with Crippen molar-refractivity contribution in [1.82, 2.24) is 14.9 Å². The Bertz CT molecular complexity index is 440. The van der Waals surface area contributed by atoms with Gasteiger partial charge < -0.3 is 10.4 Å². The highest BCUT2D eigenvalue weighted by Gasteiger charge is 2.37. The van der Waals surface area contributed by atoms with Gasteiger partial charge in [0.2, 0.25) is 0 Å². The number of carbonyl (C=O) groups is 2. The van der Waals surface area contributed by atoms with Gasteiger partial charge in [-0.05, 0) is 30.8 Å². The van der Waals surface area contributed by atoms with Crippen LogP contribution in [0.2, 0.25) is 0 Å². The van der Waals surface area contributed by atoms with E-state index in [9.17, 15) is 14.7 Å².